The average molecular weight is 1710 g/mol. The van der Waals surface area contributed by atoms with Gasteiger partial charge in [-0.2, -0.15) is 0 Å². The first kappa shape index (κ1) is 116. The Hall–Kier alpha value is -5.24. The lowest BCUT2D eigenvalue weighted by Gasteiger charge is -2.26. The van der Waals surface area contributed by atoms with Crippen LogP contribution in [0.15, 0.2) is 121 Å². The van der Waals surface area contributed by atoms with Gasteiger partial charge in [0.2, 0.25) is 0 Å². The molecule has 2 fully saturated rings. The fourth-order valence-electron chi connectivity index (χ4n) is 12.8. The molecule has 1 aliphatic carbocycles. The third-order valence-electron chi connectivity index (χ3n) is 21.5. The molecule has 9 atom stereocenters. The van der Waals surface area contributed by atoms with Crippen molar-refractivity contribution < 1.29 is 71.5 Å². The van der Waals surface area contributed by atoms with Crippen LogP contribution in [0.4, 0.5) is 0 Å². The van der Waals surface area contributed by atoms with E-state index in [1.54, 1.807) is 12.1 Å². The maximum absolute atomic E-state index is 11.3. The van der Waals surface area contributed by atoms with Gasteiger partial charge >= 0.3 is 11.9 Å². The molecule has 1 aromatic heterocycles. The van der Waals surface area contributed by atoms with Gasteiger partial charge in [0.1, 0.15) is 23.9 Å². The van der Waals surface area contributed by atoms with Crippen LogP contribution in [0.5, 0.6) is 17.2 Å². The summed E-state index contributed by atoms with van der Waals surface area (Å²) in [5.41, 5.74) is 4.94. The number of carbonyl (C=O) groups excluding carboxylic acids is 2. The number of benzene rings is 4. The largest absolute Gasteiger partial charge is 0.508 e. The molecule has 0 spiro atoms. The molecule has 1 saturated heterocycles. The molecule has 1 saturated carbocycles. The minimum atomic E-state index is -0.295. The van der Waals surface area contributed by atoms with Crippen molar-refractivity contribution in [1.82, 2.24) is 0 Å². The molecule has 7 rings (SSSR count). The first-order chi connectivity index (χ1) is 56.8. The Morgan fingerprint density at radius 3 is 1.07 bits per heavy atom. The summed E-state index contributed by atoms with van der Waals surface area (Å²) >= 11 is 1.83. The predicted molar refractivity (Wildman–Crippen MR) is 509 cm³/mol. The molecule has 2 heterocycles. The number of hydrogen-bond acceptors (Lipinski definition) is 16. The number of esters is 2. The van der Waals surface area contributed by atoms with Crippen molar-refractivity contribution in [2.24, 2.45) is 82.9 Å². The normalized spacial score (nSPS) is 15.3. The molecule has 5 aromatic rings. The van der Waals surface area contributed by atoms with E-state index in [0.29, 0.717) is 127 Å². The third-order valence-corrected chi connectivity index (χ3v) is 22.5. The van der Waals surface area contributed by atoms with Crippen molar-refractivity contribution in [3.05, 3.63) is 148 Å². The number of aromatic hydroxyl groups is 1. The number of methoxy groups -OCH3 is 1. The molecule has 696 valence electrons. The molecule has 9 unspecified atom stereocenters. The van der Waals surface area contributed by atoms with Crippen molar-refractivity contribution in [2.75, 3.05) is 73.2 Å². The Balaban J connectivity index is 0.00000138. The van der Waals surface area contributed by atoms with E-state index in [2.05, 4.69) is 232 Å². The second-order valence-corrected chi connectivity index (χ2v) is 38.9. The number of rotatable bonds is 43. The molecule has 4 aromatic carbocycles. The monoisotopic (exact) mass is 1710 g/mol. The number of hydrogen-bond donors (Lipinski definition) is 1. The number of thiophene rings is 1. The first-order valence-electron chi connectivity index (χ1n) is 46.3. The highest BCUT2D eigenvalue weighted by molar-refractivity contribution is 7.10. The molecule has 0 bridgehead atoms. The molecular weight excluding hydrogens is 1530 g/mol. The van der Waals surface area contributed by atoms with Crippen LogP contribution in [0, 0.1) is 82.9 Å². The highest BCUT2D eigenvalue weighted by Crippen LogP contribution is 2.41. The Labute approximate surface area is 745 Å². The highest BCUT2D eigenvalue weighted by atomic mass is 32.1. The average Bonchev–Trinajstić information content (AvgIpc) is 1.74. The summed E-state index contributed by atoms with van der Waals surface area (Å²) in [5.74, 6) is 11.5. The van der Waals surface area contributed by atoms with Crippen LogP contribution in [0.1, 0.15) is 305 Å². The topological polar surface area (TPSA) is 165 Å². The molecule has 15 nitrogen and oxygen atoms in total. The van der Waals surface area contributed by atoms with E-state index >= 15 is 0 Å². The summed E-state index contributed by atoms with van der Waals surface area (Å²) in [7, 11) is 1.41. The molecule has 0 radical (unpaired) electrons. The zero-order valence-electron chi connectivity index (χ0n) is 83.0. The summed E-state index contributed by atoms with van der Waals surface area (Å²) in [6.07, 6.45) is 6.45. The quantitative estimate of drug-likeness (QED) is 0.0289. The summed E-state index contributed by atoms with van der Waals surface area (Å²) in [6, 6.07) is 38.1. The van der Waals surface area contributed by atoms with Gasteiger partial charge in [-0.3, -0.25) is 9.59 Å². The van der Waals surface area contributed by atoms with Crippen LogP contribution in [-0.4, -0.2) is 139 Å². The number of carbonyl (C=O) groups is 2. The molecule has 1 N–H and O–H groups in total. The summed E-state index contributed by atoms with van der Waals surface area (Å²) in [5, 5.41) is 11.4. The smallest absolute Gasteiger partial charge is 0.311 e. The van der Waals surface area contributed by atoms with Gasteiger partial charge in [0.25, 0.3) is 0 Å². The zero-order valence-corrected chi connectivity index (χ0v) is 83.8. The number of ether oxygens (including phenoxy) is 12. The van der Waals surface area contributed by atoms with Gasteiger partial charge in [-0.15, -0.1) is 11.3 Å². The molecule has 121 heavy (non-hydrogen) atoms. The fourth-order valence-corrected chi connectivity index (χ4v) is 13.8. The molecule has 2 aliphatic rings. The SMILES string of the molecule is CC(=O)Oc1ccc(C(COC(C)C)C(C)C)cc1.CC(C)OCC(C(C)C)C1CC1.CC(C)OCC(C(C)C)C1CCOC1.CC(C)OCC(C)C(C)C.CC(C)OCC(c1ccc(O)cc1)C(C)C.CC(C)OCC(c1ccc(OCc2ccccc2)cc1)C(C)C.CC(C)OCC(c1cccs1)C(C)C.COC(=O)C(COC(C)C)C(C)C. The lowest BCUT2D eigenvalue weighted by molar-refractivity contribution is -0.150. The van der Waals surface area contributed by atoms with E-state index in [0.717, 1.165) is 82.3 Å². The Morgan fingerprint density at radius 2 is 0.744 bits per heavy atom. The lowest BCUT2D eigenvalue weighted by Crippen LogP contribution is -2.27. The van der Waals surface area contributed by atoms with E-state index in [-0.39, 0.29) is 48.2 Å². The van der Waals surface area contributed by atoms with Crippen LogP contribution in [0.2, 0.25) is 0 Å². The minimum Gasteiger partial charge on any atom is -0.508 e. The van der Waals surface area contributed by atoms with Crippen molar-refractivity contribution >= 4 is 23.3 Å². The minimum absolute atomic E-state index is 0.146. The van der Waals surface area contributed by atoms with Crippen LogP contribution < -0.4 is 9.47 Å². The Morgan fingerprint density at radius 1 is 0.380 bits per heavy atom. The Bertz CT molecular complexity index is 3220. The van der Waals surface area contributed by atoms with Crippen molar-refractivity contribution in [2.45, 2.75) is 334 Å². The summed E-state index contributed by atoms with van der Waals surface area (Å²) < 4.78 is 66.2. The Kier molecular flexibility index (Phi) is 63.4. The second-order valence-electron chi connectivity index (χ2n) is 37.9. The second kappa shape index (κ2) is 66.2. The zero-order chi connectivity index (χ0) is 92.0. The first-order valence-corrected chi connectivity index (χ1v) is 47.1. The predicted octanol–water partition coefficient (Wildman–Crippen LogP) is 27.1. The molecule has 1 aliphatic heterocycles. The standard InChI is InChI=1S/C21H28O2.C16H24O3.C14H22O2.C12H24O2.C12H20OS.C11H22O.C10H20O3.C9H20O/c1-16(2)21(15-22-17(3)4)19-10-12-20(13-11-19)23-14-18-8-6-5-7-9-18;1-11(2)16(10-18-12(3)4)14-6-8-15(9-7-14)19-13(5)17;1-10(2)14(9-16-11(3)4)12-5-7-13(15)8-6-12;1-9(2)12(8-14-10(3)4)11-5-6-13-7-11;1-9(2)11(8-13-10(3)4)12-6-5-7-14-12;1-8(2)11(10-5-6-10)7-12-9(3)4;1-7(2)9(10(11)12-5)6-13-8(3)4;1-7(2)9(5)6-10-8(3)4/h5-13,16-17,21H,14-15H2,1-4H3;6-9,11-12,16H,10H2,1-5H3;5-8,10-11,14-15H,9H2,1-4H3;9-12H,5-8H2,1-4H3;5-7,9-11H,8H2,1-4H3;8-11H,5-7H2,1-4H3;7-9H,6H2,1-5H3;7-9H,6H2,1-5H3. The van der Waals surface area contributed by atoms with Gasteiger partial charge in [-0.1, -0.05) is 190 Å². The van der Waals surface area contributed by atoms with Crippen molar-refractivity contribution in [3.8, 4) is 17.2 Å². The van der Waals surface area contributed by atoms with E-state index < -0.39 is 0 Å². The highest BCUT2D eigenvalue weighted by Gasteiger charge is 2.34. The van der Waals surface area contributed by atoms with E-state index in [9.17, 15) is 14.7 Å². The van der Waals surface area contributed by atoms with Crippen LogP contribution in [-0.2, 0) is 63.6 Å². The molecular formula is C105H180O15S. The third kappa shape index (κ3) is 56.5. The van der Waals surface area contributed by atoms with Crippen LogP contribution >= 0.6 is 11.3 Å². The van der Waals surface area contributed by atoms with Gasteiger partial charge in [-0.05, 0) is 277 Å². The number of phenolic OH excluding ortho intramolecular Hbond substituents is 1. The maximum atomic E-state index is 11.3. The fraction of sp³-hybridized carbons (Fsp3) is 0.714. The van der Waals surface area contributed by atoms with E-state index in [1.165, 1.54) is 60.4 Å². The van der Waals surface area contributed by atoms with Crippen LogP contribution in [0.3, 0.4) is 0 Å². The van der Waals surface area contributed by atoms with Gasteiger partial charge in [-0.25, -0.2) is 0 Å². The van der Waals surface area contributed by atoms with Gasteiger partial charge in [0.15, 0.2) is 0 Å². The molecule has 0 amide bonds. The lowest BCUT2D eigenvalue weighted by atomic mass is 9.83. The van der Waals surface area contributed by atoms with Gasteiger partial charge in [0.05, 0.1) is 108 Å². The van der Waals surface area contributed by atoms with E-state index in [1.807, 2.05) is 121 Å². The van der Waals surface area contributed by atoms with Crippen molar-refractivity contribution in [3.63, 3.8) is 0 Å². The van der Waals surface area contributed by atoms with Gasteiger partial charge in [0, 0.05) is 55.3 Å². The summed E-state index contributed by atoms with van der Waals surface area (Å²) in [6.45, 7) is 80.8. The number of phenols is 1. The summed E-state index contributed by atoms with van der Waals surface area (Å²) in [4.78, 5) is 23.6. The van der Waals surface area contributed by atoms with Gasteiger partial charge < -0.3 is 61.9 Å². The van der Waals surface area contributed by atoms with Crippen LogP contribution in [0.25, 0.3) is 0 Å². The van der Waals surface area contributed by atoms with E-state index in [4.69, 9.17) is 52.1 Å². The van der Waals surface area contributed by atoms with Crippen molar-refractivity contribution in [1.29, 1.82) is 0 Å². The maximum Gasteiger partial charge on any atom is 0.311 e. The molecule has 16 heteroatoms.